The lowest BCUT2D eigenvalue weighted by Crippen LogP contribution is -2.31. The number of ether oxygens (including phenoxy) is 1. The molecule has 0 aliphatic carbocycles. The van der Waals surface area contributed by atoms with Crippen molar-refractivity contribution in [2.45, 2.75) is 32.1 Å². The second kappa shape index (κ2) is 7.67. The van der Waals surface area contributed by atoms with Crippen molar-refractivity contribution in [2.24, 2.45) is 0 Å². The van der Waals surface area contributed by atoms with Crippen LogP contribution in [-0.4, -0.2) is 41.7 Å². The summed E-state index contributed by atoms with van der Waals surface area (Å²) in [7, 11) is 1.80. The van der Waals surface area contributed by atoms with Crippen molar-refractivity contribution in [3.05, 3.63) is 12.7 Å². The monoisotopic (exact) mass is 277 g/mol. The van der Waals surface area contributed by atoms with E-state index in [2.05, 4.69) is 31.7 Å². The molecule has 1 aromatic heterocycles. The summed E-state index contributed by atoms with van der Waals surface area (Å²) in [6.07, 6.45) is 7.40. The molecule has 0 saturated carbocycles. The van der Waals surface area contributed by atoms with E-state index < -0.39 is 0 Å². The Morgan fingerprint density at radius 1 is 1.25 bits per heavy atom. The van der Waals surface area contributed by atoms with Crippen LogP contribution in [0.4, 0.5) is 11.9 Å². The fraction of sp³-hybridized carbons (Fsp3) is 0.643. The predicted molar refractivity (Wildman–Crippen MR) is 80.4 cm³/mol. The molecule has 0 atom stereocenters. The zero-order chi connectivity index (χ0) is 14.2. The Labute approximate surface area is 120 Å². The van der Waals surface area contributed by atoms with Gasteiger partial charge in [-0.25, -0.2) is 0 Å². The van der Waals surface area contributed by atoms with Gasteiger partial charge in [0.05, 0.1) is 6.61 Å². The quantitative estimate of drug-likeness (QED) is 0.609. The summed E-state index contributed by atoms with van der Waals surface area (Å²) < 4.78 is 5.61. The number of allylic oxidation sites excluding steroid dienone is 1. The number of rotatable bonds is 7. The van der Waals surface area contributed by atoms with Crippen LogP contribution in [0.15, 0.2) is 12.7 Å². The molecular weight excluding hydrogens is 254 g/mol. The van der Waals surface area contributed by atoms with E-state index in [1.54, 1.807) is 7.05 Å². The summed E-state index contributed by atoms with van der Waals surface area (Å²) in [6.45, 7) is 6.30. The summed E-state index contributed by atoms with van der Waals surface area (Å²) in [5.74, 6) is 1.27. The topological polar surface area (TPSA) is 63.2 Å². The molecule has 2 heterocycles. The van der Waals surface area contributed by atoms with Crippen LogP contribution in [0.5, 0.6) is 6.01 Å². The van der Waals surface area contributed by atoms with Gasteiger partial charge in [-0.05, 0) is 32.1 Å². The number of aromatic nitrogens is 3. The van der Waals surface area contributed by atoms with Crippen molar-refractivity contribution in [3.8, 4) is 6.01 Å². The van der Waals surface area contributed by atoms with Crippen molar-refractivity contribution in [1.82, 2.24) is 15.0 Å². The van der Waals surface area contributed by atoms with E-state index in [0.717, 1.165) is 25.9 Å². The number of nitrogens with one attached hydrogen (secondary N) is 1. The van der Waals surface area contributed by atoms with Crippen molar-refractivity contribution < 1.29 is 4.74 Å². The van der Waals surface area contributed by atoms with E-state index in [1.807, 2.05) is 6.08 Å². The number of piperidine rings is 1. The normalized spacial score (nSPS) is 14.9. The smallest absolute Gasteiger partial charge is 0.323 e. The Kier molecular flexibility index (Phi) is 5.58. The Hall–Kier alpha value is -1.85. The van der Waals surface area contributed by atoms with Gasteiger partial charge in [-0.1, -0.05) is 6.08 Å². The highest BCUT2D eigenvalue weighted by Crippen LogP contribution is 2.19. The molecule has 1 N–H and O–H groups in total. The highest BCUT2D eigenvalue weighted by molar-refractivity contribution is 5.38. The van der Waals surface area contributed by atoms with Crippen LogP contribution < -0.4 is 15.0 Å². The first-order valence-electron chi connectivity index (χ1n) is 7.26. The van der Waals surface area contributed by atoms with Gasteiger partial charge in [0, 0.05) is 20.1 Å². The number of hydrogen-bond acceptors (Lipinski definition) is 6. The van der Waals surface area contributed by atoms with Crippen LogP contribution >= 0.6 is 0 Å². The van der Waals surface area contributed by atoms with E-state index in [4.69, 9.17) is 4.74 Å². The molecule has 110 valence electrons. The average molecular weight is 277 g/mol. The minimum absolute atomic E-state index is 0.397. The molecule has 0 amide bonds. The van der Waals surface area contributed by atoms with Gasteiger partial charge in [0.2, 0.25) is 11.9 Å². The fourth-order valence-electron chi connectivity index (χ4n) is 2.15. The van der Waals surface area contributed by atoms with Gasteiger partial charge in [-0.2, -0.15) is 15.0 Å². The molecule has 1 aliphatic heterocycles. The van der Waals surface area contributed by atoms with E-state index in [0.29, 0.717) is 24.5 Å². The summed E-state index contributed by atoms with van der Waals surface area (Å²) in [4.78, 5) is 15.3. The molecule has 1 fully saturated rings. The van der Waals surface area contributed by atoms with Gasteiger partial charge in [0.25, 0.3) is 0 Å². The maximum absolute atomic E-state index is 5.61. The van der Waals surface area contributed by atoms with Gasteiger partial charge in [0.15, 0.2) is 0 Å². The highest BCUT2D eigenvalue weighted by Gasteiger charge is 2.16. The molecule has 1 aromatic rings. The molecule has 0 bridgehead atoms. The molecule has 0 aromatic carbocycles. The Morgan fingerprint density at radius 3 is 2.75 bits per heavy atom. The van der Waals surface area contributed by atoms with Crippen LogP contribution in [0, 0.1) is 0 Å². The molecule has 6 heteroatoms. The van der Waals surface area contributed by atoms with Crippen LogP contribution in [0.3, 0.4) is 0 Å². The minimum Gasteiger partial charge on any atom is -0.463 e. The van der Waals surface area contributed by atoms with Gasteiger partial charge < -0.3 is 15.0 Å². The van der Waals surface area contributed by atoms with Crippen molar-refractivity contribution in [3.63, 3.8) is 0 Å². The minimum atomic E-state index is 0.397. The lowest BCUT2D eigenvalue weighted by molar-refractivity contribution is 0.287. The van der Waals surface area contributed by atoms with Crippen LogP contribution in [0.1, 0.15) is 32.1 Å². The van der Waals surface area contributed by atoms with Crippen LogP contribution in [-0.2, 0) is 0 Å². The first-order valence-corrected chi connectivity index (χ1v) is 7.26. The summed E-state index contributed by atoms with van der Waals surface area (Å²) >= 11 is 0. The largest absolute Gasteiger partial charge is 0.463 e. The third-order valence-corrected chi connectivity index (χ3v) is 3.25. The first-order chi connectivity index (χ1) is 9.83. The van der Waals surface area contributed by atoms with E-state index in [1.165, 1.54) is 19.3 Å². The van der Waals surface area contributed by atoms with E-state index in [-0.39, 0.29) is 0 Å². The molecule has 2 rings (SSSR count). The fourth-order valence-corrected chi connectivity index (χ4v) is 2.15. The maximum Gasteiger partial charge on any atom is 0.323 e. The van der Waals surface area contributed by atoms with Crippen LogP contribution in [0.2, 0.25) is 0 Å². The third-order valence-electron chi connectivity index (χ3n) is 3.25. The van der Waals surface area contributed by atoms with Gasteiger partial charge in [-0.15, -0.1) is 6.58 Å². The van der Waals surface area contributed by atoms with Crippen molar-refractivity contribution >= 4 is 11.9 Å². The molecule has 0 spiro atoms. The number of nitrogens with zero attached hydrogens (tertiary/aromatic N) is 4. The number of unbranched alkanes of at least 4 members (excludes halogenated alkanes) is 1. The average Bonchev–Trinajstić information content (AvgIpc) is 2.52. The van der Waals surface area contributed by atoms with E-state index in [9.17, 15) is 0 Å². The van der Waals surface area contributed by atoms with E-state index >= 15 is 0 Å². The van der Waals surface area contributed by atoms with Crippen molar-refractivity contribution in [2.75, 3.05) is 37.0 Å². The van der Waals surface area contributed by atoms with Gasteiger partial charge >= 0.3 is 6.01 Å². The zero-order valence-electron chi connectivity index (χ0n) is 12.1. The van der Waals surface area contributed by atoms with Gasteiger partial charge in [0.1, 0.15) is 0 Å². The van der Waals surface area contributed by atoms with Gasteiger partial charge in [-0.3, -0.25) is 0 Å². The molecule has 1 aliphatic rings. The summed E-state index contributed by atoms with van der Waals surface area (Å²) in [5, 5.41) is 2.96. The Balaban J connectivity index is 2.04. The Morgan fingerprint density at radius 2 is 2.05 bits per heavy atom. The summed E-state index contributed by atoms with van der Waals surface area (Å²) in [6, 6.07) is 0.397. The second-order valence-electron chi connectivity index (χ2n) is 4.82. The molecule has 6 nitrogen and oxygen atoms in total. The SMILES string of the molecule is C=CCCCOc1nc(NC)nc(N2CCCCC2)n1. The summed E-state index contributed by atoms with van der Waals surface area (Å²) in [5.41, 5.74) is 0. The lowest BCUT2D eigenvalue weighted by Gasteiger charge is -2.26. The zero-order valence-corrected chi connectivity index (χ0v) is 12.1. The van der Waals surface area contributed by atoms with Crippen molar-refractivity contribution in [1.29, 1.82) is 0 Å². The number of anilines is 2. The predicted octanol–water partition coefficient (Wildman–Crippen LogP) is 2.25. The third kappa shape index (κ3) is 4.08. The molecule has 20 heavy (non-hydrogen) atoms. The highest BCUT2D eigenvalue weighted by atomic mass is 16.5. The maximum atomic E-state index is 5.61. The second-order valence-corrected chi connectivity index (χ2v) is 4.82. The molecule has 0 radical (unpaired) electrons. The molecule has 1 saturated heterocycles. The Bertz CT molecular complexity index is 432. The lowest BCUT2D eigenvalue weighted by atomic mass is 10.1. The number of hydrogen-bond donors (Lipinski definition) is 1. The van der Waals surface area contributed by atoms with Crippen LogP contribution in [0.25, 0.3) is 0 Å². The standard InChI is InChI=1S/C14H23N5O/c1-3-4-8-11-20-14-17-12(15-2)16-13(18-14)19-9-6-5-7-10-19/h3H,1,4-11H2,2H3,(H,15,16,17,18). The molecule has 0 unspecified atom stereocenters. The first kappa shape index (κ1) is 14.6. The molecular formula is C14H23N5O.